The summed E-state index contributed by atoms with van der Waals surface area (Å²) in [4.78, 5) is 2.46. The Morgan fingerprint density at radius 2 is 2.11 bits per heavy atom. The van der Waals surface area contributed by atoms with Crippen LogP contribution in [0.5, 0.6) is 0 Å². The monoisotopic (exact) mass is 311 g/mol. The summed E-state index contributed by atoms with van der Waals surface area (Å²) in [5.74, 6) is 0.843. The molecule has 1 saturated heterocycles. The minimum atomic E-state index is -0.419. The van der Waals surface area contributed by atoms with Gasteiger partial charge in [0.15, 0.2) is 0 Å². The number of rotatable bonds is 2. The number of hydrogen-bond acceptors (Lipinski definition) is 2. The average Bonchev–Trinajstić information content (AvgIpc) is 2.53. The highest BCUT2D eigenvalue weighted by Crippen LogP contribution is 2.30. The zero-order valence-corrected chi connectivity index (χ0v) is 12.8. The summed E-state index contributed by atoms with van der Waals surface area (Å²) in [6.45, 7) is 6.43. The molecule has 0 saturated carbocycles. The van der Waals surface area contributed by atoms with Crippen LogP contribution in [0.15, 0.2) is 22.7 Å². The smallest absolute Gasteiger partial charge is 0.0772 e. The molecule has 1 aliphatic rings. The fourth-order valence-electron chi connectivity index (χ4n) is 2.57. The predicted molar refractivity (Wildman–Crippen MR) is 80.0 cm³/mol. The van der Waals surface area contributed by atoms with E-state index in [1.54, 1.807) is 6.92 Å². The standard InChI is InChI=1S/C15H22BrNO/c1-11-4-3-8-17(9-7-11)13-5-6-14(12(2)18)15(16)10-13/h5-6,10-12,18H,3-4,7-9H2,1-2H3/t11?,12-/m1/s1. The minimum absolute atomic E-state index is 0.419. The largest absolute Gasteiger partial charge is 0.389 e. The van der Waals surface area contributed by atoms with E-state index in [4.69, 9.17) is 0 Å². The van der Waals surface area contributed by atoms with Gasteiger partial charge in [-0.3, -0.25) is 0 Å². The average molecular weight is 312 g/mol. The maximum absolute atomic E-state index is 9.64. The lowest BCUT2D eigenvalue weighted by Crippen LogP contribution is -2.24. The van der Waals surface area contributed by atoms with Crippen LogP contribution in [0.3, 0.4) is 0 Å². The van der Waals surface area contributed by atoms with Gasteiger partial charge in [0.25, 0.3) is 0 Å². The van der Waals surface area contributed by atoms with Gasteiger partial charge in [-0.2, -0.15) is 0 Å². The number of hydrogen-bond donors (Lipinski definition) is 1. The summed E-state index contributed by atoms with van der Waals surface area (Å²) in [6, 6.07) is 6.29. The number of halogens is 1. The second-order valence-electron chi connectivity index (χ2n) is 5.40. The molecular formula is C15H22BrNO. The quantitative estimate of drug-likeness (QED) is 0.887. The van der Waals surface area contributed by atoms with Crippen molar-refractivity contribution in [2.45, 2.75) is 39.2 Å². The van der Waals surface area contributed by atoms with Crippen molar-refractivity contribution in [2.75, 3.05) is 18.0 Å². The Labute approximate surface area is 118 Å². The summed E-state index contributed by atoms with van der Waals surface area (Å²) in [5, 5.41) is 9.64. The van der Waals surface area contributed by atoms with Gasteiger partial charge in [0, 0.05) is 23.2 Å². The van der Waals surface area contributed by atoms with Gasteiger partial charge in [0.2, 0.25) is 0 Å². The Bertz CT molecular complexity index is 405. The van der Waals surface area contributed by atoms with Crippen LogP contribution >= 0.6 is 15.9 Å². The van der Waals surface area contributed by atoms with Crippen molar-refractivity contribution in [1.29, 1.82) is 0 Å². The lowest BCUT2D eigenvalue weighted by Gasteiger charge is -2.24. The Balaban J connectivity index is 2.15. The SMILES string of the molecule is CC1CCCN(c2ccc([C@@H](C)O)c(Br)c2)CC1. The maximum Gasteiger partial charge on any atom is 0.0772 e. The molecule has 0 aliphatic carbocycles. The van der Waals surface area contributed by atoms with Gasteiger partial charge in [0.1, 0.15) is 0 Å². The third-order valence-electron chi connectivity index (χ3n) is 3.82. The van der Waals surface area contributed by atoms with Crippen molar-refractivity contribution in [3.05, 3.63) is 28.2 Å². The molecule has 2 nitrogen and oxygen atoms in total. The molecule has 1 unspecified atom stereocenters. The van der Waals surface area contributed by atoms with E-state index in [0.29, 0.717) is 0 Å². The second kappa shape index (κ2) is 6.07. The summed E-state index contributed by atoms with van der Waals surface area (Å²) >= 11 is 3.56. The van der Waals surface area contributed by atoms with Crippen LogP contribution in [-0.2, 0) is 0 Å². The van der Waals surface area contributed by atoms with E-state index in [0.717, 1.165) is 29.0 Å². The molecule has 1 heterocycles. The zero-order valence-electron chi connectivity index (χ0n) is 11.2. The van der Waals surface area contributed by atoms with E-state index in [2.05, 4.69) is 39.9 Å². The van der Waals surface area contributed by atoms with Crippen LogP contribution in [0.2, 0.25) is 0 Å². The van der Waals surface area contributed by atoms with Crippen LogP contribution in [0.1, 0.15) is 44.8 Å². The molecule has 2 atom stereocenters. The van der Waals surface area contributed by atoms with Crippen LogP contribution in [-0.4, -0.2) is 18.2 Å². The minimum Gasteiger partial charge on any atom is -0.389 e. The Morgan fingerprint density at radius 3 is 2.78 bits per heavy atom. The summed E-state index contributed by atoms with van der Waals surface area (Å²) < 4.78 is 1.01. The van der Waals surface area contributed by atoms with Crippen molar-refractivity contribution in [2.24, 2.45) is 5.92 Å². The molecule has 1 fully saturated rings. The molecule has 1 aliphatic heterocycles. The number of aliphatic hydroxyl groups is 1. The Morgan fingerprint density at radius 1 is 1.33 bits per heavy atom. The van der Waals surface area contributed by atoms with Crippen molar-refractivity contribution < 1.29 is 5.11 Å². The second-order valence-corrected chi connectivity index (χ2v) is 6.26. The van der Waals surface area contributed by atoms with E-state index in [1.807, 2.05) is 6.07 Å². The van der Waals surface area contributed by atoms with E-state index in [9.17, 15) is 5.11 Å². The first-order chi connectivity index (χ1) is 8.58. The third-order valence-corrected chi connectivity index (χ3v) is 4.50. The number of nitrogens with zero attached hydrogens (tertiary/aromatic N) is 1. The highest BCUT2D eigenvalue weighted by molar-refractivity contribution is 9.10. The van der Waals surface area contributed by atoms with Crippen LogP contribution in [0.25, 0.3) is 0 Å². The number of aliphatic hydroxyl groups excluding tert-OH is 1. The molecular weight excluding hydrogens is 290 g/mol. The normalized spacial score (nSPS) is 22.7. The molecule has 1 aromatic carbocycles. The Hall–Kier alpha value is -0.540. The molecule has 18 heavy (non-hydrogen) atoms. The lowest BCUT2D eigenvalue weighted by atomic mass is 10.0. The van der Waals surface area contributed by atoms with Crippen LogP contribution < -0.4 is 4.90 Å². The molecule has 0 radical (unpaired) electrons. The molecule has 0 spiro atoms. The van der Waals surface area contributed by atoms with Crippen molar-refractivity contribution >= 4 is 21.6 Å². The highest BCUT2D eigenvalue weighted by Gasteiger charge is 2.15. The van der Waals surface area contributed by atoms with Gasteiger partial charge in [-0.25, -0.2) is 0 Å². The molecule has 1 aromatic rings. The highest BCUT2D eigenvalue weighted by atomic mass is 79.9. The number of anilines is 1. The molecule has 0 bridgehead atoms. The molecule has 3 heteroatoms. The molecule has 0 amide bonds. The lowest BCUT2D eigenvalue weighted by molar-refractivity contribution is 0.198. The van der Waals surface area contributed by atoms with E-state index in [1.165, 1.54) is 24.9 Å². The predicted octanol–water partition coefficient (Wildman–Crippen LogP) is 4.13. The van der Waals surface area contributed by atoms with Gasteiger partial charge in [0.05, 0.1) is 6.10 Å². The topological polar surface area (TPSA) is 23.5 Å². The van der Waals surface area contributed by atoms with Gasteiger partial charge in [-0.15, -0.1) is 0 Å². The van der Waals surface area contributed by atoms with Crippen LogP contribution in [0.4, 0.5) is 5.69 Å². The molecule has 1 N–H and O–H groups in total. The van der Waals surface area contributed by atoms with E-state index >= 15 is 0 Å². The first kappa shape index (κ1) is 13.9. The van der Waals surface area contributed by atoms with Gasteiger partial charge in [-0.05, 0) is 49.8 Å². The van der Waals surface area contributed by atoms with Crippen molar-refractivity contribution in [1.82, 2.24) is 0 Å². The summed E-state index contributed by atoms with van der Waals surface area (Å²) in [7, 11) is 0. The van der Waals surface area contributed by atoms with E-state index in [-0.39, 0.29) is 0 Å². The van der Waals surface area contributed by atoms with Crippen molar-refractivity contribution in [3.63, 3.8) is 0 Å². The van der Waals surface area contributed by atoms with Crippen molar-refractivity contribution in [3.8, 4) is 0 Å². The van der Waals surface area contributed by atoms with Gasteiger partial charge in [-0.1, -0.05) is 28.9 Å². The van der Waals surface area contributed by atoms with Gasteiger partial charge >= 0.3 is 0 Å². The first-order valence-electron chi connectivity index (χ1n) is 6.80. The third kappa shape index (κ3) is 3.27. The number of benzene rings is 1. The fourth-order valence-corrected chi connectivity index (χ4v) is 3.27. The van der Waals surface area contributed by atoms with Gasteiger partial charge < -0.3 is 10.0 Å². The molecule has 2 rings (SSSR count). The fraction of sp³-hybridized carbons (Fsp3) is 0.600. The van der Waals surface area contributed by atoms with Crippen LogP contribution in [0, 0.1) is 5.92 Å². The summed E-state index contributed by atoms with van der Waals surface area (Å²) in [6.07, 6.45) is 3.47. The molecule has 0 aromatic heterocycles. The first-order valence-corrected chi connectivity index (χ1v) is 7.59. The maximum atomic E-state index is 9.64. The zero-order chi connectivity index (χ0) is 13.1. The Kier molecular flexibility index (Phi) is 4.68. The van der Waals surface area contributed by atoms with E-state index < -0.39 is 6.10 Å². The molecule has 100 valence electrons. The summed E-state index contributed by atoms with van der Waals surface area (Å²) in [5.41, 5.74) is 2.22.